The first-order valence-corrected chi connectivity index (χ1v) is 9.80. The summed E-state index contributed by atoms with van der Waals surface area (Å²) in [6, 6.07) is 6.14. The molecular formula is C17H26N2O4S. The van der Waals surface area contributed by atoms with Crippen LogP contribution in [0.2, 0.25) is 0 Å². The molecule has 1 fully saturated rings. The summed E-state index contributed by atoms with van der Waals surface area (Å²) in [5.41, 5.74) is 0.530. The SMILES string of the molecule is COCCCNS(=O)(=O)c1ccc(C(=O)N2CCC(C)CC2)cc1. The summed E-state index contributed by atoms with van der Waals surface area (Å²) in [7, 11) is -1.97. The van der Waals surface area contributed by atoms with Crippen LogP contribution in [0.15, 0.2) is 29.2 Å². The lowest BCUT2D eigenvalue weighted by atomic mass is 9.98. The van der Waals surface area contributed by atoms with Crippen molar-refractivity contribution in [2.24, 2.45) is 5.92 Å². The Balaban J connectivity index is 1.98. The van der Waals surface area contributed by atoms with Crippen LogP contribution < -0.4 is 4.72 Å². The summed E-state index contributed by atoms with van der Waals surface area (Å²) in [5, 5.41) is 0. The first-order chi connectivity index (χ1) is 11.4. The highest BCUT2D eigenvalue weighted by Crippen LogP contribution is 2.19. The molecule has 1 N–H and O–H groups in total. The second kappa shape index (κ2) is 8.60. The second-order valence-corrected chi connectivity index (χ2v) is 8.01. The standard InChI is InChI=1S/C17H26N2O4S/c1-14-8-11-19(12-9-14)17(20)15-4-6-16(7-5-15)24(21,22)18-10-3-13-23-2/h4-7,14,18H,3,8-13H2,1-2H3. The molecule has 24 heavy (non-hydrogen) atoms. The number of methoxy groups -OCH3 is 1. The molecule has 0 aromatic heterocycles. The fourth-order valence-electron chi connectivity index (χ4n) is 2.68. The number of hydrogen-bond acceptors (Lipinski definition) is 4. The van der Waals surface area contributed by atoms with E-state index in [1.165, 1.54) is 12.1 Å². The Hall–Kier alpha value is -1.44. The van der Waals surface area contributed by atoms with Crippen molar-refractivity contribution in [1.29, 1.82) is 0 Å². The number of sulfonamides is 1. The fraction of sp³-hybridized carbons (Fsp3) is 0.588. The normalized spacial score (nSPS) is 16.3. The van der Waals surface area contributed by atoms with Crippen molar-refractivity contribution in [3.05, 3.63) is 29.8 Å². The van der Waals surface area contributed by atoms with Gasteiger partial charge in [-0.15, -0.1) is 0 Å². The van der Waals surface area contributed by atoms with Crippen molar-refractivity contribution in [1.82, 2.24) is 9.62 Å². The number of ether oxygens (including phenoxy) is 1. The van der Waals surface area contributed by atoms with Gasteiger partial charge in [0.25, 0.3) is 5.91 Å². The van der Waals surface area contributed by atoms with Crippen molar-refractivity contribution >= 4 is 15.9 Å². The first kappa shape index (κ1) is 18.9. The van der Waals surface area contributed by atoms with E-state index in [-0.39, 0.29) is 10.8 Å². The Kier molecular flexibility index (Phi) is 6.77. The van der Waals surface area contributed by atoms with Crippen LogP contribution in [0.5, 0.6) is 0 Å². The van der Waals surface area contributed by atoms with E-state index in [2.05, 4.69) is 11.6 Å². The van der Waals surface area contributed by atoms with Crippen LogP contribution in [0, 0.1) is 5.92 Å². The summed E-state index contributed by atoms with van der Waals surface area (Å²) >= 11 is 0. The third-order valence-corrected chi connectivity index (χ3v) is 5.78. The fourth-order valence-corrected chi connectivity index (χ4v) is 3.75. The van der Waals surface area contributed by atoms with E-state index in [9.17, 15) is 13.2 Å². The molecule has 1 amide bonds. The summed E-state index contributed by atoms with van der Waals surface area (Å²) in [5.74, 6) is 0.629. The van der Waals surface area contributed by atoms with Crippen LogP contribution in [0.25, 0.3) is 0 Å². The zero-order valence-corrected chi connectivity index (χ0v) is 15.1. The van der Waals surface area contributed by atoms with E-state index in [1.807, 2.05) is 4.90 Å². The number of carbonyl (C=O) groups excluding carboxylic acids is 1. The third kappa shape index (κ3) is 5.03. The summed E-state index contributed by atoms with van der Waals surface area (Å²) < 4.78 is 31.7. The highest BCUT2D eigenvalue weighted by Gasteiger charge is 2.22. The maximum atomic E-state index is 12.5. The minimum atomic E-state index is -3.55. The van der Waals surface area contributed by atoms with Crippen LogP contribution in [-0.4, -0.2) is 52.6 Å². The molecule has 0 saturated carbocycles. The van der Waals surface area contributed by atoms with Gasteiger partial charge in [0.05, 0.1) is 4.90 Å². The zero-order valence-electron chi connectivity index (χ0n) is 14.3. The smallest absolute Gasteiger partial charge is 0.253 e. The molecule has 1 aromatic carbocycles. The molecule has 134 valence electrons. The van der Waals surface area contributed by atoms with E-state index in [0.29, 0.717) is 31.1 Å². The lowest BCUT2D eigenvalue weighted by Gasteiger charge is -2.30. The Bertz CT molecular complexity index is 635. The molecule has 0 radical (unpaired) electrons. The number of hydrogen-bond donors (Lipinski definition) is 1. The molecule has 1 aromatic rings. The highest BCUT2D eigenvalue weighted by atomic mass is 32.2. The van der Waals surface area contributed by atoms with Gasteiger partial charge in [0.1, 0.15) is 0 Å². The number of benzene rings is 1. The van der Waals surface area contributed by atoms with Gasteiger partial charge in [0, 0.05) is 38.9 Å². The van der Waals surface area contributed by atoms with Gasteiger partial charge < -0.3 is 9.64 Å². The molecule has 1 heterocycles. The van der Waals surface area contributed by atoms with Crippen molar-refractivity contribution in [2.75, 3.05) is 33.4 Å². The third-order valence-electron chi connectivity index (χ3n) is 4.30. The number of nitrogens with one attached hydrogen (secondary N) is 1. The first-order valence-electron chi connectivity index (χ1n) is 8.32. The predicted molar refractivity (Wildman–Crippen MR) is 92.4 cm³/mol. The molecule has 6 nitrogen and oxygen atoms in total. The molecule has 0 unspecified atom stereocenters. The molecule has 0 spiro atoms. The van der Waals surface area contributed by atoms with Gasteiger partial charge >= 0.3 is 0 Å². The average molecular weight is 354 g/mol. The molecule has 2 rings (SSSR count). The minimum absolute atomic E-state index is 0.0288. The van der Waals surface area contributed by atoms with Gasteiger partial charge in [-0.05, 0) is 49.4 Å². The predicted octanol–water partition coefficient (Wildman–Crippen LogP) is 1.87. The van der Waals surface area contributed by atoms with Crippen molar-refractivity contribution in [3.8, 4) is 0 Å². The Labute approximate surface area is 144 Å². The number of rotatable bonds is 7. The zero-order chi connectivity index (χ0) is 17.6. The molecule has 0 bridgehead atoms. The minimum Gasteiger partial charge on any atom is -0.385 e. The Morgan fingerprint density at radius 1 is 1.25 bits per heavy atom. The largest absolute Gasteiger partial charge is 0.385 e. The maximum absolute atomic E-state index is 12.5. The van der Waals surface area contributed by atoms with Crippen LogP contribution >= 0.6 is 0 Å². The van der Waals surface area contributed by atoms with Crippen molar-refractivity contribution < 1.29 is 17.9 Å². The molecule has 1 aliphatic heterocycles. The Morgan fingerprint density at radius 2 is 1.88 bits per heavy atom. The van der Waals surface area contributed by atoms with Crippen molar-refractivity contribution in [2.45, 2.75) is 31.1 Å². The van der Waals surface area contributed by atoms with Gasteiger partial charge in [-0.2, -0.15) is 0 Å². The summed E-state index contributed by atoms with van der Waals surface area (Å²) in [4.78, 5) is 14.5. The van der Waals surface area contributed by atoms with E-state index in [4.69, 9.17) is 4.74 Å². The molecule has 0 aliphatic carbocycles. The molecular weight excluding hydrogens is 328 g/mol. The molecule has 1 saturated heterocycles. The van der Waals surface area contributed by atoms with Crippen LogP contribution in [-0.2, 0) is 14.8 Å². The maximum Gasteiger partial charge on any atom is 0.253 e. The number of piperidine rings is 1. The van der Waals surface area contributed by atoms with E-state index in [1.54, 1.807) is 19.2 Å². The van der Waals surface area contributed by atoms with Gasteiger partial charge in [-0.1, -0.05) is 6.92 Å². The molecule has 0 atom stereocenters. The average Bonchev–Trinajstić information content (AvgIpc) is 2.59. The number of likely N-dealkylation sites (tertiary alicyclic amines) is 1. The lowest BCUT2D eigenvalue weighted by molar-refractivity contribution is 0.0697. The Morgan fingerprint density at radius 3 is 2.46 bits per heavy atom. The van der Waals surface area contributed by atoms with Crippen LogP contribution in [0.3, 0.4) is 0 Å². The van der Waals surface area contributed by atoms with Crippen molar-refractivity contribution in [3.63, 3.8) is 0 Å². The highest BCUT2D eigenvalue weighted by molar-refractivity contribution is 7.89. The van der Waals surface area contributed by atoms with Crippen LogP contribution in [0.1, 0.15) is 36.5 Å². The topological polar surface area (TPSA) is 75.7 Å². The second-order valence-electron chi connectivity index (χ2n) is 6.24. The quantitative estimate of drug-likeness (QED) is 0.759. The molecule has 7 heteroatoms. The summed E-state index contributed by atoms with van der Waals surface area (Å²) in [6.07, 6.45) is 2.65. The van der Waals surface area contributed by atoms with Gasteiger partial charge in [-0.3, -0.25) is 4.79 Å². The van der Waals surface area contributed by atoms with E-state index in [0.717, 1.165) is 25.9 Å². The lowest BCUT2D eigenvalue weighted by Crippen LogP contribution is -2.37. The van der Waals surface area contributed by atoms with E-state index >= 15 is 0 Å². The van der Waals surface area contributed by atoms with Crippen LogP contribution in [0.4, 0.5) is 0 Å². The number of carbonyl (C=O) groups is 1. The number of amides is 1. The van der Waals surface area contributed by atoms with Gasteiger partial charge in [0.15, 0.2) is 0 Å². The van der Waals surface area contributed by atoms with Gasteiger partial charge in [-0.25, -0.2) is 13.1 Å². The monoisotopic (exact) mass is 354 g/mol. The van der Waals surface area contributed by atoms with E-state index < -0.39 is 10.0 Å². The van der Waals surface area contributed by atoms with Gasteiger partial charge in [0.2, 0.25) is 10.0 Å². The number of nitrogens with zero attached hydrogens (tertiary/aromatic N) is 1. The summed E-state index contributed by atoms with van der Waals surface area (Å²) in [6.45, 7) is 4.55. The molecule has 1 aliphatic rings.